The van der Waals surface area contributed by atoms with Crippen molar-refractivity contribution in [2.24, 2.45) is 0 Å². The number of ether oxygens (including phenoxy) is 1. The van der Waals surface area contributed by atoms with Crippen molar-refractivity contribution in [3.05, 3.63) is 81.4 Å². The third-order valence-corrected chi connectivity index (χ3v) is 5.06. The average molecular weight is 440 g/mol. The third-order valence-electron chi connectivity index (χ3n) is 4.57. The summed E-state index contributed by atoms with van der Waals surface area (Å²) in [6.07, 6.45) is 3.83. The highest BCUT2D eigenvalue weighted by atomic mass is 35.5. The highest BCUT2D eigenvalue weighted by Gasteiger charge is 2.17. The van der Waals surface area contributed by atoms with Crippen molar-refractivity contribution in [2.75, 3.05) is 6.61 Å². The van der Waals surface area contributed by atoms with Gasteiger partial charge in [0.1, 0.15) is 24.6 Å². The maximum absolute atomic E-state index is 6.07. The molecule has 10 heteroatoms. The van der Waals surface area contributed by atoms with Crippen LogP contribution in [0.15, 0.2) is 48.7 Å². The van der Waals surface area contributed by atoms with E-state index in [4.69, 9.17) is 27.9 Å². The zero-order valence-corrected chi connectivity index (χ0v) is 17.1. The Labute approximate surface area is 181 Å². The van der Waals surface area contributed by atoms with Crippen LogP contribution in [-0.2, 0) is 13.1 Å². The van der Waals surface area contributed by atoms with Crippen molar-refractivity contribution >= 4 is 34.9 Å². The van der Waals surface area contributed by atoms with Gasteiger partial charge < -0.3 is 4.74 Å². The summed E-state index contributed by atoms with van der Waals surface area (Å²) >= 11 is 12.0. The van der Waals surface area contributed by atoms with Gasteiger partial charge in [-0.3, -0.25) is 0 Å². The largest absolute Gasteiger partial charge is 0.488 e. The number of fused-ring (bicyclic) bond motifs is 1. The van der Waals surface area contributed by atoms with Crippen molar-refractivity contribution in [1.82, 2.24) is 35.2 Å². The summed E-state index contributed by atoms with van der Waals surface area (Å²) in [4.78, 5) is 1.49. The second-order valence-corrected chi connectivity index (χ2v) is 7.69. The van der Waals surface area contributed by atoms with Crippen LogP contribution in [0.4, 0.5) is 0 Å². The fraction of sp³-hybridized carbons (Fsp3) is 0.150. The highest BCUT2D eigenvalue weighted by Crippen LogP contribution is 2.31. The number of hydrogen-bond acceptors (Lipinski definition) is 6. The second-order valence-electron chi connectivity index (χ2n) is 6.82. The number of aromatic nitrogens is 7. The predicted octanol–water partition coefficient (Wildman–Crippen LogP) is 3.60. The Kier molecular flexibility index (Phi) is 4.94. The second kappa shape index (κ2) is 7.89. The van der Waals surface area contributed by atoms with Gasteiger partial charge in [-0.2, -0.15) is 4.80 Å². The first-order valence-corrected chi connectivity index (χ1v) is 9.92. The minimum atomic E-state index is 0.365. The molecule has 2 aromatic carbocycles. The van der Waals surface area contributed by atoms with Crippen molar-refractivity contribution in [3.8, 4) is 5.75 Å². The molecule has 0 saturated heterocycles. The first-order chi connectivity index (χ1) is 14.6. The van der Waals surface area contributed by atoms with Crippen LogP contribution in [0.3, 0.4) is 0 Å². The topological polar surface area (TPSA) is 83.5 Å². The van der Waals surface area contributed by atoms with Crippen LogP contribution in [0.25, 0.3) is 11.6 Å². The zero-order chi connectivity index (χ0) is 20.5. The Balaban J connectivity index is 1.29. The number of benzene rings is 2. The average Bonchev–Trinajstić information content (AvgIpc) is 3.39. The quantitative estimate of drug-likeness (QED) is 0.472. The molecule has 5 rings (SSSR count). The molecule has 3 heterocycles. The van der Waals surface area contributed by atoms with E-state index < -0.39 is 0 Å². The molecule has 0 aliphatic carbocycles. The molecule has 1 aliphatic heterocycles. The van der Waals surface area contributed by atoms with E-state index >= 15 is 0 Å². The van der Waals surface area contributed by atoms with Crippen LogP contribution in [0.5, 0.6) is 5.75 Å². The van der Waals surface area contributed by atoms with E-state index in [2.05, 4.69) is 25.7 Å². The lowest BCUT2D eigenvalue weighted by Gasteiger charge is -2.16. The lowest BCUT2D eigenvalue weighted by Crippen LogP contribution is -2.08. The van der Waals surface area contributed by atoms with Crippen LogP contribution in [0, 0.1) is 0 Å². The van der Waals surface area contributed by atoms with Crippen LogP contribution in [0.2, 0.25) is 10.0 Å². The van der Waals surface area contributed by atoms with E-state index in [0.29, 0.717) is 35.6 Å². The molecule has 1 aliphatic rings. The smallest absolute Gasteiger partial charge is 0.204 e. The minimum Gasteiger partial charge on any atom is -0.488 e. The molecule has 2 aromatic heterocycles. The molecule has 0 atom stereocenters. The third kappa shape index (κ3) is 4.05. The summed E-state index contributed by atoms with van der Waals surface area (Å²) in [7, 11) is 0. The summed E-state index contributed by atoms with van der Waals surface area (Å²) in [5, 5.41) is 22.4. The summed E-state index contributed by atoms with van der Waals surface area (Å²) < 4.78 is 7.52. The van der Waals surface area contributed by atoms with E-state index in [-0.39, 0.29) is 0 Å². The SMILES string of the molecule is Clc1ccc(Cn2cc(Cn3nnc(C4=Cc5cc(Cl)ccc5OC4)n3)nn2)cc1. The van der Waals surface area contributed by atoms with Gasteiger partial charge in [-0.25, -0.2) is 4.68 Å². The number of tetrazole rings is 1. The van der Waals surface area contributed by atoms with E-state index in [9.17, 15) is 0 Å². The van der Waals surface area contributed by atoms with Gasteiger partial charge in [-0.05, 0) is 47.2 Å². The molecule has 0 fully saturated rings. The van der Waals surface area contributed by atoms with Crippen LogP contribution in [0.1, 0.15) is 22.6 Å². The van der Waals surface area contributed by atoms with Gasteiger partial charge in [-0.1, -0.05) is 40.5 Å². The van der Waals surface area contributed by atoms with Gasteiger partial charge in [0.25, 0.3) is 0 Å². The fourth-order valence-corrected chi connectivity index (χ4v) is 3.43. The lowest BCUT2D eigenvalue weighted by molar-refractivity contribution is 0.365. The van der Waals surface area contributed by atoms with Crippen LogP contribution < -0.4 is 4.74 Å². The Bertz CT molecular complexity index is 1230. The van der Waals surface area contributed by atoms with Crippen molar-refractivity contribution < 1.29 is 4.74 Å². The molecular weight excluding hydrogens is 425 g/mol. The number of halogens is 2. The van der Waals surface area contributed by atoms with Gasteiger partial charge in [0.15, 0.2) is 0 Å². The summed E-state index contributed by atoms with van der Waals surface area (Å²) in [5.74, 6) is 1.29. The molecule has 4 aromatic rings. The molecular formula is C20H15Cl2N7O. The molecule has 0 spiro atoms. The molecule has 0 saturated carbocycles. The van der Waals surface area contributed by atoms with E-state index in [0.717, 1.165) is 28.1 Å². The van der Waals surface area contributed by atoms with Gasteiger partial charge in [0.2, 0.25) is 5.82 Å². The normalized spacial score (nSPS) is 12.9. The van der Waals surface area contributed by atoms with E-state index in [1.165, 1.54) is 4.80 Å². The Morgan fingerprint density at radius 2 is 1.77 bits per heavy atom. The van der Waals surface area contributed by atoms with Crippen LogP contribution >= 0.6 is 23.2 Å². The van der Waals surface area contributed by atoms with E-state index in [1.807, 2.05) is 48.7 Å². The molecule has 0 bridgehead atoms. The van der Waals surface area contributed by atoms with Gasteiger partial charge in [-0.15, -0.1) is 15.3 Å². The fourth-order valence-electron chi connectivity index (χ4n) is 3.13. The molecule has 0 radical (unpaired) electrons. The van der Waals surface area contributed by atoms with Crippen molar-refractivity contribution in [2.45, 2.75) is 13.1 Å². The monoisotopic (exact) mass is 439 g/mol. The molecule has 8 nitrogen and oxygen atoms in total. The number of hydrogen-bond donors (Lipinski definition) is 0. The molecule has 150 valence electrons. The molecule has 0 amide bonds. The molecule has 30 heavy (non-hydrogen) atoms. The van der Waals surface area contributed by atoms with Gasteiger partial charge in [0, 0.05) is 21.2 Å². The maximum atomic E-state index is 6.07. The minimum absolute atomic E-state index is 0.365. The Morgan fingerprint density at radius 3 is 2.63 bits per heavy atom. The van der Waals surface area contributed by atoms with E-state index in [1.54, 1.807) is 10.7 Å². The highest BCUT2D eigenvalue weighted by molar-refractivity contribution is 6.31. The number of nitrogens with zero attached hydrogens (tertiary/aromatic N) is 7. The molecule has 0 unspecified atom stereocenters. The van der Waals surface area contributed by atoms with Crippen molar-refractivity contribution in [3.63, 3.8) is 0 Å². The zero-order valence-electron chi connectivity index (χ0n) is 15.6. The van der Waals surface area contributed by atoms with Gasteiger partial charge in [0.05, 0.1) is 12.7 Å². The maximum Gasteiger partial charge on any atom is 0.204 e. The summed E-state index contributed by atoms with van der Waals surface area (Å²) in [6.45, 7) is 1.34. The van der Waals surface area contributed by atoms with Crippen LogP contribution in [-0.4, -0.2) is 41.8 Å². The first-order valence-electron chi connectivity index (χ1n) is 9.17. The Morgan fingerprint density at radius 1 is 0.933 bits per heavy atom. The Hall–Kier alpha value is -3.23. The standard InChI is InChI=1S/C20H15Cl2N7O/c21-16-3-1-13(2-4-16)9-28-10-18(23-26-28)11-29-25-20(24-27-29)15-7-14-8-17(22)5-6-19(14)30-12-15/h1-8,10H,9,11-12H2. The summed E-state index contributed by atoms with van der Waals surface area (Å²) in [6, 6.07) is 13.1. The van der Waals surface area contributed by atoms with Crippen molar-refractivity contribution in [1.29, 1.82) is 0 Å². The number of rotatable bonds is 5. The predicted molar refractivity (Wildman–Crippen MR) is 112 cm³/mol. The van der Waals surface area contributed by atoms with Gasteiger partial charge >= 0.3 is 0 Å². The lowest BCUT2D eigenvalue weighted by atomic mass is 10.1. The summed E-state index contributed by atoms with van der Waals surface area (Å²) in [5.41, 5.74) is 3.55. The first kappa shape index (κ1) is 18.8. The molecule has 0 N–H and O–H groups in total.